The maximum absolute atomic E-state index is 14.1. The van der Waals surface area contributed by atoms with E-state index in [1.165, 1.54) is 19.2 Å². The standard InChI is InChI=1S/C35H42F7N3O4/c1-20-14-25(36)8-11-27(20)29-19-45(30(46)22-6-9-26(10-7-22)43-32(48)49-33(2,3)4)13-12-28(29)31(47)44(5)18-21-15-23(34(37,38)39)17-24(16-21)35(40,41)42/h8,11,14-17,22,26,28-29H,6-7,9-10,12-13,18-19H2,1-5H3,(H,43,48)/t22?,26?,28-,29+/m1/s1. The van der Waals surface area contributed by atoms with E-state index in [1.54, 1.807) is 38.7 Å². The number of alkyl halides is 6. The Morgan fingerprint density at radius 1 is 0.898 bits per heavy atom. The van der Waals surface area contributed by atoms with E-state index in [0.717, 1.165) is 4.90 Å². The molecule has 1 aliphatic carbocycles. The minimum atomic E-state index is -5.03. The summed E-state index contributed by atoms with van der Waals surface area (Å²) in [7, 11) is 1.31. The van der Waals surface area contributed by atoms with Gasteiger partial charge in [-0.2, -0.15) is 26.3 Å². The Labute approximate surface area is 281 Å². The molecule has 49 heavy (non-hydrogen) atoms. The first-order valence-electron chi connectivity index (χ1n) is 16.2. The van der Waals surface area contributed by atoms with Gasteiger partial charge in [-0.25, -0.2) is 9.18 Å². The van der Waals surface area contributed by atoms with Gasteiger partial charge in [-0.1, -0.05) is 6.07 Å². The van der Waals surface area contributed by atoms with Crippen LogP contribution in [0.1, 0.15) is 86.6 Å². The minimum absolute atomic E-state index is 0.0371. The van der Waals surface area contributed by atoms with E-state index in [-0.39, 0.29) is 49.0 Å². The van der Waals surface area contributed by atoms with Crippen molar-refractivity contribution in [1.82, 2.24) is 15.1 Å². The Bertz CT molecular complexity index is 1500. The predicted octanol–water partition coefficient (Wildman–Crippen LogP) is 7.85. The molecule has 4 rings (SSSR count). The molecule has 2 aliphatic rings. The summed E-state index contributed by atoms with van der Waals surface area (Å²) in [5, 5.41) is 2.85. The number of carbonyl (C=O) groups excluding carboxylic acids is 3. The molecule has 2 aromatic carbocycles. The SMILES string of the molecule is Cc1cc(F)ccc1[C@@H]1CN(C(=O)C2CCC(NC(=O)OC(C)(C)C)CC2)CC[C@H]1C(=O)N(C)Cc1cc(C(F)(F)F)cc(C(F)(F)F)c1. The van der Waals surface area contributed by atoms with Gasteiger partial charge in [0.25, 0.3) is 0 Å². The van der Waals surface area contributed by atoms with Gasteiger partial charge in [-0.05, 0) is 107 Å². The van der Waals surface area contributed by atoms with E-state index in [1.807, 2.05) is 0 Å². The fraction of sp³-hybridized carbons (Fsp3) is 0.571. The summed E-state index contributed by atoms with van der Waals surface area (Å²) in [6.07, 6.45) is -8.21. The molecular weight excluding hydrogens is 659 g/mol. The number of aryl methyl sites for hydroxylation is 1. The second-order valence-corrected chi connectivity index (χ2v) is 14.1. The molecule has 14 heteroatoms. The van der Waals surface area contributed by atoms with Gasteiger partial charge in [0.15, 0.2) is 0 Å². The summed E-state index contributed by atoms with van der Waals surface area (Å²) in [6.45, 7) is 6.78. The molecule has 0 radical (unpaired) electrons. The van der Waals surface area contributed by atoms with Crippen LogP contribution < -0.4 is 5.32 Å². The Balaban J connectivity index is 1.50. The van der Waals surface area contributed by atoms with Crippen LogP contribution in [-0.2, 0) is 33.2 Å². The number of nitrogens with one attached hydrogen (secondary N) is 1. The maximum Gasteiger partial charge on any atom is 0.416 e. The normalized spacial score (nSPS) is 22.0. The van der Waals surface area contributed by atoms with Crippen LogP contribution in [0.2, 0.25) is 0 Å². The summed E-state index contributed by atoms with van der Waals surface area (Å²) in [6, 6.07) is 5.18. The Kier molecular flexibility index (Phi) is 11.3. The van der Waals surface area contributed by atoms with Crippen LogP contribution in [0.15, 0.2) is 36.4 Å². The lowest BCUT2D eigenvalue weighted by atomic mass is 9.77. The van der Waals surface area contributed by atoms with Crippen LogP contribution in [-0.4, -0.2) is 59.5 Å². The average Bonchev–Trinajstić information content (AvgIpc) is 2.98. The summed E-state index contributed by atoms with van der Waals surface area (Å²) in [5.74, 6) is -2.81. The van der Waals surface area contributed by atoms with Crippen LogP contribution in [0.3, 0.4) is 0 Å². The number of amides is 3. The smallest absolute Gasteiger partial charge is 0.416 e. The fourth-order valence-electron chi connectivity index (χ4n) is 6.78. The molecule has 7 nitrogen and oxygen atoms in total. The van der Waals surface area contributed by atoms with Gasteiger partial charge in [0, 0.05) is 50.5 Å². The zero-order valence-electron chi connectivity index (χ0n) is 28.1. The zero-order valence-corrected chi connectivity index (χ0v) is 28.1. The molecule has 2 atom stereocenters. The third-order valence-electron chi connectivity index (χ3n) is 9.11. The number of hydrogen-bond donors (Lipinski definition) is 1. The molecule has 3 amide bonds. The highest BCUT2D eigenvalue weighted by atomic mass is 19.4. The Morgan fingerprint density at radius 3 is 2.02 bits per heavy atom. The van der Waals surface area contributed by atoms with Crippen molar-refractivity contribution in [3.63, 3.8) is 0 Å². The number of ether oxygens (including phenoxy) is 1. The predicted molar refractivity (Wildman–Crippen MR) is 167 cm³/mol. The number of rotatable bonds is 6. The molecule has 270 valence electrons. The lowest BCUT2D eigenvalue weighted by Gasteiger charge is -2.42. The van der Waals surface area contributed by atoms with Gasteiger partial charge >= 0.3 is 18.4 Å². The highest BCUT2D eigenvalue weighted by Gasteiger charge is 2.41. The van der Waals surface area contributed by atoms with Crippen molar-refractivity contribution in [3.05, 3.63) is 70.0 Å². The topological polar surface area (TPSA) is 79.0 Å². The van der Waals surface area contributed by atoms with Crippen LogP contribution in [0.25, 0.3) is 0 Å². The quantitative estimate of drug-likeness (QED) is 0.312. The van der Waals surface area contributed by atoms with E-state index in [0.29, 0.717) is 48.9 Å². The van der Waals surface area contributed by atoms with Crippen LogP contribution in [0, 0.1) is 24.6 Å². The van der Waals surface area contributed by atoms with Crippen molar-refractivity contribution >= 4 is 17.9 Å². The number of likely N-dealkylation sites (tertiary alicyclic amines) is 1. The Hall–Kier alpha value is -3.84. The molecule has 0 spiro atoms. The van der Waals surface area contributed by atoms with Crippen LogP contribution >= 0.6 is 0 Å². The first kappa shape index (κ1) is 38.0. The molecule has 0 aromatic heterocycles. The van der Waals surface area contributed by atoms with Gasteiger partial charge in [0.1, 0.15) is 11.4 Å². The van der Waals surface area contributed by atoms with Gasteiger partial charge in [-0.3, -0.25) is 9.59 Å². The van der Waals surface area contributed by atoms with Crippen molar-refractivity contribution < 1.29 is 49.9 Å². The number of hydrogen-bond acceptors (Lipinski definition) is 4. The maximum atomic E-state index is 14.1. The van der Waals surface area contributed by atoms with Gasteiger partial charge in [0.05, 0.1) is 11.1 Å². The summed E-state index contributed by atoms with van der Waals surface area (Å²) in [5.41, 5.74) is -2.76. The number of alkyl carbamates (subject to hydrolysis) is 1. The van der Waals surface area contributed by atoms with Crippen LogP contribution in [0.4, 0.5) is 35.5 Å². The van der Waals surface area contributed by atoms with E-state index < -0.39 is 65.3 Å². The highest BCUT2D eigenvalue weighted by molar-refractivity contribution is 5.82. The summed E-state index contributed by atoms with van der Waals surface area (Å²) >= 11 is 0. The van der Waals surface area contributed by atoms with Crippen molar-refractivity contribution in [2.75, 3.05) is 20.1 Å². The second kappa shape index (κ2) is 14.6. The van der Waals surface area contributed by atoms with Crippen LogP contribution in [0.5, 0.6) is 0 Å². The monoisotopic (exact) mass is 701 g/mol. The number of nitrogens with zero attached hydrogens (tertiary/aromatic N) is 2. The largest absolute Gasteiger partial charge is 0.444 e. The summed E-state index contributed by atoms with van der Waals surface area (Å²) < 4.78 is 100. The number of piperidine rings is 1. The molecule has 1 saturated heterocycles. The van der Waals surface area contributed by atoms with Crippen molar-refractivity contribution in [2.24, 2.45) is 11.8 Å². The molecule has 2 fully saturated rings. The molecule has 1 aliphatic heterocycles. The minimum Gasteiger partial charge on any atom is -0.444 e. The molecular formula is C35H42F7N3O4. The zero-order chi connectivity index (χ0) is 36.5. The van der Waals surface area contributed by atoms with Gasteiger partial charge in [0.2, 0.25) is 11.8 Å². The lowest BCUT2D eigenvalue weighted by Crippen LogP contribution is -2.50. The van der Waals surface area contributed by atoms with Crippen molar-refractivity contribution in [3.8, 4) is 0 Å². The first-order valence-corrected chi connectivity index (χ1v) is 16.2. The first-order chi connectivity index (χ1) is 22.6. The van der Waals surface area contributed by atoms with Gasteiger partial charge < -0.3 is 19.9 Å². The van der Waals surface area contributed by atoms with E-state index in [2.05, 4.69) is 5.32 Å². The van der Waals surface area contributed by atoms with E-state index in [9.17, 15) is 45.1 Å². The van der Waals surface area contributed by atoms with Crippen molar-refractivity contribution in [1.29, 1.82) is 0 Å². The Morgan fingerprint density at radius 2 is 1.49 bits per heavy atom. The molecule has 2 aromatic rings. The average molecular weight is 702 g/mol. The van der Waals surface area contributed by atoms with E-state index in [4.69, 9.17) is 4.74 Å². The van der Waals surface area contributed by atoms with Crippen molar-refractivity contribution in [2.45, 2.75) is 96.3 Å². The number of halogens is 7. The second-order valence-electron chi connectivity index (χ2n) is 14.1. The summed E-state index contributed by atoms with van der Waals surface area (Å²) in [4.78, 5) is 42.6. The molecule has 0 bridgehead atoms. The number of carbonyl (C=O) groups is 3. The molecule has 1 heterocycles. The lowest BCUT2D eigenvalue weighted by molar-refractivity contribution is -0.144. The van der Waals surface area contributed by atoms with E-state index >= 15 is 0 Å². The fourth-order valence-corrected chi connectivity index (χ4v) is 6.78. The number of benzene rings is 2. The third kappa shape index (κ3) is 9.87. The molecule has 0 unspecified atom stereocenters. The molecule has 1 saturated carbocycles. The highest BCUT2D eigenvalue weighted by Crippen LogP contribution is 2.39. The molecule has 1 N–H and O–H groups in total. The van der Waals surface area contributed by atoms with Gasteiger partial charge in [-0.15, -0.1) is 0 Å². The third-order valence-corrected chi connectivity index (χ3v) is 9.11.